The van der Waals surface area contributed by atoms with Gasteiger partial charge in [-0.3, -0.25) is 4.79 Å². The quantitative estimate of drug-likeness (QED) is 0.633. The molecular formula is C17H17F2NO3. The molecule has 1 aromatic carbocycles. The highest BCUT2D eigenvalue weighted by Gasteiger charge is 2.23. The normalized spacial score (nSPS) is 15.7. The summed E-state index contributed by atoms with van der Waals surface area (Å²) in [4.78, 5) is 24.8. The average Bonchev–Trinajstić information content (AvgIpc) is 2.56. The molecule has 0 radical (unpaired) electrons. The maximum Gasteiger partial charge on any atom is 0.330 e. The molecule has 0 N–H and O–H groups in total. The highest BCUT2D eigenvalue weighted by Crippen LogP contribution is 2.15. The summed E-state index contributed by atoms with van der Waals surface area (Å²) >= 11 is 0. The number of hydrogen-bond donors (Lipinski definition) is 0. The fourth-order valence-corrected chi connectivity index (χ4v) is 2.30. The molecule has 0 atom stereocenters. The maximum atomic E-state index is 13.1. The molecule has 122 valence electrons. The topological polar surface area (TPSA) is 46.6 Å². The van der Waals surface area contributed by atoms with Crippen LogP contribution >= 0.6 is 0 Å². The standard InChI is InChI=1S/C17H17F2NO3/c1-2-17(22)23-13-7-9-20(10-8-13)16(21)6-4-12-3-5-14(18)15(19)11-12/h2-6,11,13H,1,7-10H2/b6-4+. The van der Waals surface area contributed by atoms with Crippen molar-refractivity contribution in [3.8, 4) is 0 Å². The van der Waals surface area contributed by atoms with Gasteiger partial charge in [-0.1, -0.05) is 12.6 Å². The van der Waals surface area contributed by atoms with Gasteiger partial charge in [-0.15, -0.1) is 0 Å². The minimum absolute atomic E-state index is 0.209. The first-order valence-electron chi connectivity index (χ1n) is 7.24. The first-order chi connectivity index (χ1) is 11.0. The van der Waals surface area contributed by atoms with E-state index in [1.165, 1.54) is 18.2 Å². The van der Waals surface area contributed by atoms with E-state index < -0.39 is 17.6 Å². The number of halogens is 2. The Morgan fingerprint density at radius 3 is 2.52 bits per heavy atom. The number of ether oxygens (including phenoxy) is 1. The van der Waals surface area contributed by atoms with E-state index in [9.17, 15) is 18.4 Å². The third-order valence-corrected chi connectivity index (χ3v) is 3.57. The van der Waals surface area contributed by atoms with Crippen molar-refractivity contribution in [1.29, 1.82) is 0 Å². The van der Waals surface area contributed by atoms with Crippen LogP contribution in [0.4, 0.5) is 8.78 Å². The zero-order chi connectivity index (χ0) is 16.8. The lowest BCUT2D eigenvalue weighted by molar-refractivity contribution is -0.145. The summed E-state index contributed by atoms with van der Waals surface area (Å²) in [7, 11) is 0. The van der Waals surface area contributed by atoms with Crippen molar-refractivity contribution in [3.05, 3.63) is 54.1 Å². The second-order valence-electron chi connectivity index (χ2n) is 5.17. The van der Waals surface area contributed by atoms with Crippen LogP contribution in [0.15, 0.2) is 36.9 Å². The molecule has 0 unspecified atom stereocenters. The minimum Gasteiger partial charge on any atom is -0.459 e. The average molecular weight is 321 g/mol. The largest absolute Gasteiger partial charge is 0.459 e. The highest BCUT2D eigenvalue weighted by atomic mass is 19.2. The van der Waals surface area contributed by atoms with Crippen LogP contribution in [0, 0.1) is 11.6 Å². The van der Waals surface area contributed by atoms with E-state index in [2.05, 4.69) is 6.58 Å². The van der Waals surface area contributed by atoms with Crippen molar-refractivity contribution < 1.29 is 23.1 Å². The summed E-state index contributed by atoms with van der Waals surface area (Å²) in [6.07, 6.45) is 4.79. The van der Waals surface area contributed by atoms with Crippen LogP contribution in [-0.2, 0) is 14.3 Å². The molecule has 1 aliphatic rings. The number of esters is 1. The van der Waals surface area contributed by atoms with E-state index in [0.29, 0.717) is 31.5 Å². The third-order valence-electron chi connectivity index (χ3n) is 3.57. The van der Waals surface area contributed by atoms with E-state index in [0.717, 1.165) is 18.2 Å². The van der Waals surface area contributed by atoms with Crippen molar-refractivity contribution in [2.24, 2.45) is 0 Å². The number of piperidine rings is 1. The number of benzene rings is 1. The molecule has 6 heteroatoms. The maximum absolute atomic E-state index is 13.1. The summed E-state index contributed by atoms with van der Waals surface area (Å²) in [5, 5.41) is 0. The molecule has 1 saturated heterocycles. The van der Waals surface area contributed by atoms with Gasteiger partial charge in [0, 0.05) is 38.1 Å². The van der Waals surface area contributed by atoms with E-state index in [-0.39, 0.29) is 12.0 Å². The number of hydrogen-bond acceptors (Lipinski definition) is 3. The van der Waals surface area contributed by atoms with Crippen LogP contribution in [0.3, 0.4) is 0 Å². The Hall–Kier alpha value is -2.50. The highest BCUT2D eigenvalue weighted by molar-refractivity contribution is 5.91. The van der Waals surface area contributed by atoms with Crippen molar-refractivity contribution in [2.45, 2.75) is 18.9 Å². The van der Waals surface area contributed by atoms with Gasteiger partial charge in [0.05, 0.1) is 0 Å². The fourth-order valence-electron chi connectivity index (χ4n) is 2.30. The molecule has 1 fully saturated rings. The molecule has 4 nitrogen and oxygen atoms in total. The van der Waals surface area contributed by atoms with Gasteiger partial charge in [-0.2, -0.15) is 0 Å². The number of carbonyl (C=O) groups is 2. The van der Waals surface area contributed by atoms with E-state index in [4.69, 9.17) is 4.74 Å². The Labute approximate surface area is 133 Å². The zero-order valence-electron chi connectivity index (χ0n) is 12.5. The number of likely N-dealkylation sites (tertiary alicyclic amines) is 1. The predicted octanol–water partition coefficient (Wildman–Crippen LogP) is 2.70. The van der Waals surface area contributed by atoms with E-state index in [1.807, 2.05) is 0 Å². The fraction of sp³-hybridized carbons (Fsp3) is 0.294. The molecule has 1 aliphatic heterocycles. The zero-order valence-corrected chi connectivity index (χ0v) is 12.5. The Morgan fingerprint density at radius 2 is 1.91 bits per heavy atom. The smallest absolute Gasteiger partial charge is 0.330 e. The summed E-state index contributed by atoms with van der Waals surface area (Å²) in [5.74, 6) is -2.56. The molecule has 1 aromatic rings. The van der Waals surface area contributed by atoms with Gasteiger partial charge in [-0.05, 0) is 23.8 Å². The molecule has 0 aromatic heterocycles. The van der Waals surface area contributed by atoms with Crippen molar-refractivity contribution in [3.63, 3.8) is 0 Å². The Bertz CT molecular complexity index is 635. The minimum atomic E-state index is -0.954. The summed E-state index contributed by atoms with van der Waals surface area (Å²) in [6.45, 7) is 4.27. The van der Waals surface area contributed by atoms with Crippen LogP contribution < -0.4 is 0 Å². The van der Waals surface area contributed by atoms with Crippen LogP contribution in [-0.4, -0.2) is 36.0 Å². The van der Waals surface area contributed by atoms with Gasteiger partial charge >= 0.3 is 5.97 Å². The Kier molecular flexibility index (Phi) is 5.62. The van der Waals surface area contributed by atoms with Crippen LogP contribution in [0.1, 0.15) is 18.4 Å². The van der Waals surface area contributed by atoms with Gasteiger partial charge in [-0.25, -0.2) is 13.6 Å². The number of carbonyl (C=O) groups excluding carboxylic acids is 2. The Morgan fingerprint density at radius 1 is 1.22 bits per heavy atom. The van der Waals surface area contributed by atoms with Crippen molar-refractivity contribution in [2.75, 3.05) is 13.1 Å². The summed E-state index contributed by atoms with van der Waals surface area (Å²) in [5.41, 5.74) is 0.409. The lowest BCUT2D eigenvalue weighted by Crippen LogP contribution is -2.40. The first-order valence-corrected chi connectivity index (χ1v) is 7.24. The molecule has 2 rings (SSSR count). The molecule has 0 saturated carbocycles. The Balaban J connectivity index is 1.87. The van der Waals surface area contributed by atoms with Gasteiger partial charge < -0.3 is 9.64 Å². The molecule has 23 heavy (non-hydrogen) atoms. The van der Waals surface area contributed by atoms with Crippen LogP contribution in [0.5, 0.6) is 0 Å². The molecule has 0 aliphatic carbocycles. The number of rotatable bonds is 4. The molecule has 0 bridgehead atoms. The van der Waals surface area contributed by atoms with Crippen molar-refractivity contribution in [1.82, 2.24) is 4.90 Å². The number of amides is 1. The van der Waals surface area contributed by atoms with Gasteiger partial charge in [0.2, 0.25) is 5.91 Å². The monoisotopic (exact) mass is 321 g/mol. The van der Waals surface area contributed by atoms with E-state index in [1.54, 1.807) is 4.90 Å². The predicted molar refractivity (Wildman–Crippen MR) is 81.3 cm³/mol. The summed E-state index contributed by atoms with van der Waals surface area (Å²) < 4.78 is 31.0. The number of nitrogens with zero attached hydrogens (tertiary/aromatic N) is 1. The summed E-state index contributed by atoms with van der Waals surface area (Å²) in [6, 6.07) is 3.43. The SMILES string of the molecule is C=CC(=O)OC1CCN(C(=O)/C=C/c2ccc(F)c(F)c2)CC1. The third kappa shape index (κ3) is 4.74. The molecule has 0 spiro atoms. The van der Waals surface area contributed by atoms with Crippen LogP contribution in [0.25, 0.3) is 6.08 Å². The first kappa shape index (κ1) is 16.9. The lowest BCUT2D eigenvalue weighted by atomic mass is 10.1. The van der Waals surface area contributed by atoms with Crippen LogP contribution in [0.2, 0.25) is 0 Å². The van der Waals surface area contributed by atoms with Gasteiger partial charge in [0.1, 0.15) is 6.10 Å². The van der Waals surface area contributed by atoms with Gasteiger partial charge in [0.15, 0.2) is 11.6 Å². The van der Waals surface area contributed by atoms with E-state index >= 15 is 0 Å². The second kappa shape index (κ2) is 7.67. The molecule has 1 amide bonds. The second-order valence-corrected chi connectivity index (χ2v) is 5.17. The van der Waals surface area contributed by atoms with Gasteiger partial charge in [0.25, 0.3) is 0 Å². The molecule has 1 heterocycles. The lowest BCUT2D eigenvalue weighted by Gasteiger charge is -2.30. The molecular weight excluding hydrogens is 304 g/mol. The van der Waals surface area contributed by atoms with Crippen molar-refractivity contribution >= 4 is 18.0 Å².